The fourth-order valence-corrected chi connectivity index (χ4v) is 2.26. The molecule has 0 aliphatic carbocycles. The van der Waals surface area contributed by atoms with Crippen LogP contribution in [0.3, 0.4) is 0 Å². The molecule has 0 saturated heterocycles. The fraction of sp³-hybridized carbons (Fsp3) is 0.588. The zero-order valence-corrected chi connectivity index (χ0v) is 12.8. The SMILES string of the molecule is CCCCCc1ccc(NC(=O)CC(N)CCC)cc1. The van der Waals surface area contributed by atoms with E-state index in [2.05, 4.69) is 31.3 Å². The number of unbranched alkanes of at least 4 members (excludes halogenated alkanes) is 2. The average molecular weight is 276 g/mol. The minimum atomic E-state index is -0.0340. The van der Waals surface area contributed by atoms with Gasteiger partial charge in [-0.05, 0) is 37.0 Å². The van der Waals surface area contributed by atoms with E-state index in [1.165, 1.54) is 24.8 Å². The number of hydrogen-bond donors (Lipinski definition) is 2. The fourth-order valence-electron chi connectivity index (χ4n) is 2.26. The minimum Gasteiger partial charge on any atom is -0.327 e. The van der Waals surface area contributed by atoms with Crippen molar-refractivity contribution in [2.75, 3.05) is 5.32 Å². The lowest BCUT2D eigenvalue weighted by Gasteiger charge is -2.11. The maximum Gasteiger partial charge on any atom is 0.225 e. The molecule has 20 heavy (non-hydrogen) atoms. The molecule has 1 amide bonds. The molecule has 3 N–H and O–H groups in total. The van der Waals surface area contributed by atoms with Gasteiger partial charge in [0.15, 0.2) is 0 Å². The first-order valence-corrected chi connectivity index (χ1v) is 7.80. The number of nitrogens with two attached hydrogens (primary N) is 1. The van der Waals surface area contributed by atoms with Gasteiger partial charge in [-0.3, -0.25) is 4.79 Å². The third-order valence-electron chi connectivity index (χ3n) is 3.41. The largest absolute Gasteiger partial charge is 0.327 e. The van der Waals surface area contributed by atoms with Gasteiger partial charge in [-0.25, -0.2) is 0 Å². The average Bonchev–Trinajstić information content (AvgIpc) is 2.41. The van der Waals surface area contributed by atoms with Crippen LogP contribution in [0.15, 0.2) is 24.3 Å². The van der Waals surface area contributed by atoms with Crippen LogP contribution in [0.5, 0.6) is 0 Å². The van der Waals surface area contributed by atoms with E-state index in [0.29, 0.717) is 6.42 Å². The van der Waals surface area contributed by atoms with E-state index in [-0.39, 0.29) is 11.9 Å². The third-order valence-corrected chi connectivity index (χ3v) is 3.41. The van der Waals surface area contributed by atoms with E-state index in [1.54, 1.807) is 0 Å². The van der Waals surface area contributed by atoms with Crippen LogP contribution in [0.1, 0.15) is 57.9 Å². The van der Waals surface area contributed by atoms with Crippen molar-refractivity contribution in [3.8, 4) is 0 Å². The van der Waals surface area contributed by atoms with E-state index in [9.17, 15) is 4.79 Å². The summed E-state index contributed by atoms with van der Waals surface area (Å²) >= 11 is 0. The number of carbonyl (C=O) groups is 1. The number of aryl methyl sites for hydroxylation is 1. The Morgan fingerprint density at radius 3 is 2.45 bits per heavy atom. The van der Waals surface area contributed by atoms with Crippen LogP contribution in [0.25, 0.3) is 0 Å². The highest BCUT2D eigenvalue weighted by Crippen LogP contribution is 2.13. The first-order chi connectivity index (χ1) is 9.65. The molecular weight excluding hydrogens is 248 g/mol. The second-order valence-electron chi connectivity index (χ2n) is 5.46. The van der Waals surface area contributed by atoms with E-state index in [0.717, 1.165) is 24.9 Å². The molecule has 0 saturated carbocycles. The van der Waals surface area contributed by atoms with Gasteiger partial charge in [0.2, 0.25) is 5.91 Å². The van der Waals surface area contributed by atoms with Gasteiger partial charge in [-0.2, -0.15) is 0 Å². The van der Waals surface area contributed by atoms with Crippen LogP contribution in [0.4, 0.5) is 5.69 Å². The van der Waals surface area contributed by atoms with E-state index in [1.807, 2.05) is 12.1 Å². The lowest BCUT2D eigenvalue weighted by Crippen LogP contribution is -2.26. The molecular formula is C17H28N2O. The van der Waals surface area contributed by atoms with Crippen LogP contribution in [0.2, 0.25) is 0 Å². The molecule has 3 heteroatoms. The number of carbonyl (C=O) groups excluding carboxylic acids is 1. The number of benzene rings is 1. The summed E-state index contributed by atoms with van der Waals surface area (Å²) in [6.07, 6.45) is 7.16. The zero-order valence-electron chi connectivity index (χ0n) is 12.8. The number of anilines is 1. The molecule has 1 atom stereocenters. The summed E-state index contributed by atoms with van der Waals surface area (Å²) in [5.41, 5.74) is 8.06. The monoisotopic (exact) mass is 276 g/mol. The molecule has 1 rings (SSSR count). The van der Waals surface area contributed by atoms with Crippen molar-refractivity contribution >= 4 is 11.6 Å². The van der Waals surface area contributed by atoms with Crippen molar-refractivity contribution in [3.63, 3.8) is 0 Å². The zero-order chi connectivity index (χ0) is 14.8. The molecule has 1 aromatic rings. The Morgan fingerprint density at radius 2 is 1.85 bits per heavy atom. The molecule has 0 aromatic heterocycles. The molecule has 112 valence electrons. The maximum atomic E-state index is 11.8. The molecule has 0 spiro atoms. The molecule has 0 heterocycles. The Labute approximate surface area is 122 Å². The maximum absolute atomic E-state index is 11.8. The van der Waals surface area contributed by atoms with Crippen molar-refractivity contribution < 1.29 is 4.79 Å². The van der Waals surface area contributed by atoms with Crippen LogP contribution in [-0.4, -0.2) is 11.9 Å². The van der Waals surface area contributed by atoms with Crippen LogP contribution in [0, 0.1) is 0 Å². The Kier molecular flexibility index (Phi) is 7.97. The summed E-state index contributed by atoms with van der Waals surface area (Å²) in [5.74, 6) is 0.00434. The molecule has 1 unspecified atom stereocenters. The Balaban J connectivity index is 2.38. The van der Waals surface area contributed by atoms with Gasteiger partial charge < -0.3 is 11.1 Å². The molecule has 0 radical (unpaired) electrons. The number of hydrogen-bond acceptors (Lipinski definition) is 2. The highest BCUT2D eigenvalue weighted by Gasteiger charge is 2.08. The highest BCUT2D eigenvalue weighted by molar-refractivity contribution is 5.91. The minimum absolute atomic E-state index is 0.00434. The smallest absolute Gasteiger partial charge is 0.225 e. The molecule has 0 aliphatic heterocycles. The van der Waals surface area contributed by atoms with Crippen molar-refractivity contribution in [2.24, 2.45) is 5.73 Å². The predicted molar refractivity (Wildman–Crippen MR) is 85.8 cm³/mol. The molecule has 0 bridgehead atoms. The van der Waals surface area contributed by atoms with Gasteiger partial charge in [0.25, 0.3) is 0 Å². The van der Waals surface area contributed by atoms with Gasteiger partial charge in [0, 0.05) is 18.2 Å². The standard InChI is InChI=1S/C17H28N2O/c1-3-5-6-8-14-9-11-16(12-10-14)19-17(20)13-15(18)7-4-2/h9-12,15H,3-8,13,18H2,1-2H3,(H,19,20). The van der Waals surface area contributed by atoms with Gasteiger partial charge in [-0.15, -0.1) is 0 Å². The topological polar surface area (TPSA) is 55.1 Å². The van der Waals surface area contributed by atoms with Gasteiger partial charge in [0.1, 0.15) is 0 Å². The first-order valence-electron chi connectivity index (χ1n) is 7.80. The Hall–Kier alpha value is -1.35. The summed E-state index contributed by atoms with van der Waals surface area (Å²) in [6, 6.07) is 8.11. The first kappa shape index (κ1) is 16.7. The Bertz CT molecular complexity index is 386. The van der Waals surface area contributed by atoms with Crippen LogP contribution in [-0.2, 0) is 11.2 Å². The van der Waals surface area contributed by atoms with Gasteiger partial charge >= 0.3 is 0 Å². The van der Waals surface area contributed by atoms with Crippen molar-refractivity contribution in [1.29, 1.82) is 0 Å². The number of amides is 1. The highest BCUT2D eigenvalue weighted by atomic mass is 16.1. The van der Waals surface area contributed by atoms with Gasteiger partial charge in [-0.1, -0.05) is 45.2 Å². The molecule has 1 aromatic carbocycles. The second-order valence-corrected chi connectivity index (χ2v) is 5.46. The van der Waals surface area contributed by atoms with Crippen molar-refractivity contribution in [1.82, 2.24) is 0 Å². The normalized spacial score (nSPS) is 12.2. The molecule has 3 nitrogen and oxygen atoms in total. The molecule has 0 aliphatic rings. The summed E-state index contributed by atoms with van der Waals surface area (Å²) in [4.78, 5) is 11.8. The summed E-state index contributed by atoms with van der Waals surface area (Å²) in [5, 5.41) is 2.91. The summed E-state index contributed by atoms with van der Waals surface area (Å²) < 4.78 is 0. The summed E-state index contributed by atoms with van der Waals surface area (Å²) in [6.45, 7) is 4.29. The Morgan fingerprint density at radius 1 is 1.15 bits per heavy atom. The van der Waals surface area contributed by atoms with Gasteiger partial charge in [0.05, 0.1) is 0 Å². The van der Waals surface area contributed by atoms with Crippen molar-refractivity contribution in [2.45, 2.75) is 64.8 Å². The van der Waals surface area contributed by atoms with Crippen molar-refractivity contribution in [3.05, 3.63) is 29.8 Å². The van der Waals surface area contributed by atoms with E-state index >= 15 is 0 Å². The van der Waals surface area contributed by atoms with Crippen LogP contribution >= 0.6 is 0 Å². The second kappa shape index (κ2) is 9.54. The van der Waals surface area contributed by atoms with Crippen LogP contribution < -0.4 is 11.1 Å². The quantitative estimate of drug-likeness (QED) is 0.673. The number of nitrogens with one attached hydrogen (secondary N) is 1. The number of rotatable bonds is 9. The third kappa shape index (κ3) is 6.71. The lowest BCUT2D eigenvalue weighted by molar-refractivity contribution is -0.116. The molecule has 0 fully saturated rings. The predicted octanol–water partition coefficient (Wildman–Crippen LogP) is 3.88. The summed E-state index contributed by atoms with van der Waals surface area (Å²) in [7, 11) is 0. The lowest BCUT2D eigenvalue weighted by atomic mass is 10.1. The van der Waals surface area contributed by atoms with E-state index < -0.39 is 0 Å². The van der Waals surface area contributed by atoms with E-state index in [4.69, 9.17) is 5.73 Å².